The number of hydrogen-bond acceptors (Lipinski definition) is 5. The second kappa shape index (κ2) is 11.1. The van der Waals surface area contributed by atoms with E-state index in [1.807, 2.05) is 10.8 Å². The maximum atomic E-state index is 10.1. The Bertz CT molecular complexity index is 514. The maximum Gasteiger partial charge on any atom is 0.336 e. The number of aromatic carboxylic acids is 1. The molecule has 0 aromatic carbocycles. The molecular weight excluding hydrogens is 320 g/mol. The summed E-state index contributed by atoms with van der Waals surface area (Å²) in [7, 11) is 0. The highest BCUT2D eigenvalue weighted by molar-refractivity contribution is 7.08. The van der Waals surface area contributed by atoms with Gasteiger partial charge in [0.25, 0.3) is 0 Å². The highest BCUT2D eigenvalue weighted by Crippen LogP contribution is 2.23. The molecule has 0 aliphatic heterocycles. The zero-order chi connectivity index (χ0) is 16.2. The van der Waals surface area contributed by atoms with E-state index in [0.717, 1.165) is 11.8 Å². The summed E-state index contributed by atoms with van der Waals surface area (Å²) >= 11 is 2.92. The fourth-order valence-corrected chi connectivity index (χ4v) is 3.16. The number of aliphatic hydroxyl groups is 1. The van der Waals surface area contributed by atoms with Crippen molar-refractivity contribution < 1.29 is 19.8 Å². The number of carboxylic acid groups (broad SMARTS) is 1. The third-order valence-corrected chi connectivity index (χ3v) is 4.57. The molecule has 22 heavy (non-hydrogen) atoms. The van der Waals surface area contributed by atoms with Crippen LogP contribution in [0.25, 0.3) is 0 Å². The van der Waals surface area contributed by atoms with Crippen LogP contribution in [0.5, 0.6) is 0 Å². The average Bonchev–Trinajstić information content (AvgIpc) is 3.31. The number of carbonyl (C=O) groups excluding carboxylic acids is 1. The molecule has 1 aliphatic rings. The molecule has 2 N–H and O–H groups in total. The van der Waals surface area contributed by atoms with Crippen LogP contribution in [-0.2, 0) is 0 Å². The second-order valence-electron chi connectivity index (χ2n) is 4.82. The van der Waals surface area contributed by atoms with Crippen LogP contribution in [0, 0.1) is 5.92 Å². The molecule has 0 spiro atoms. The van der Waals surface area contributed by atoms with Crippen LogP contribution in [0.15, 0.2) is 33.7 Å². The lowest BCUT2D eigenvalue weighted by atomic mass is 10.1. The molecule has 0 amide bonds. The first-order valence-electron chi connectivity index (χ1n) is 7.01. The number of rotatable bonds is 3. The zero-order valence-corrected chi connectivity index (χ0v) is 13.8. The predicted octanol–water partition coefficient (Wildman–Crippen LogP) is 4.18. The van der Waals surface area contributed by atoms with Crippen molar-refractivity contribution >= 4 is 34.9 Å². The highest BCUT2D eigenvalue weighted by Gasteiger charge is 2.12. The Morgan fingerprint density at radius 2 is 1.82 bits per heavy atom. The molecular formula is C16H20O4S2. The first kappa shape index (κ1) is 18.5. The van der Waals surface area contributed by atoms with Gasteiger partial charge in [-0.25, -0.2) is 4.79 Å². The molecule has 120 valence electrons. The van der Waals surface area contributed by atoms with E-state index >= 15 is 0 Å². The monoisotopic (exact) mass is 340 g/mol. The summed E-state index contributed by atoms with van der Waals surface area (Å²) < 4.78 is 0. The van der Waals surface area contributed by atoms with Gasteiger partial charge in [-0.1, -0.05) is 12.8 Å². The smallest absolute Gasteiger partial charge is 0.336 e. The Hall–Kier alpha value is -1.50. The predicted molar refractivity (Wildman–Crippen MR) is 90.0 cm³/mol. The maximum absolute atomic E-state index is 10.1. The van der Waals surface area contributed by atoms with Crippen molar-refractivity contribution in [1.29, 1.82) is 0 Å². The summed E-state index contributed by atoms with van der Waals surface area (Å²) in [5.74, 6) is -0.203. The van der Waals surface area contributed by atoms with Crippen LogP contribution in [0.1, 0.15) is 46.4 Å². The molecule has 0 bridgehead atoms. The first-order valence-corrected chi connectivity index (χ1v) is 8.89. The minimum Gasteiger partial charge on any atom is -0.478 e. The quantitative estimate of drug-likeness (QED) is 0.822. The van der Waals surface area contributed by atoms with E-state index < -0.39 is 5.97 Å². The molecule has 0 atom stereocenters. The van der Waals surface area contributed by atoms with Crippen LogP contribution in [0.3, 0.4) is 0 Å². The van der Waals surface area contributed by atoms with E-state index in [0.29, 0.717) is 18.1 Å². The highest BCUT2D eigenvalue weighted by atomic mass is 32.1. The summed E-state index contributed by atoms with van der Waals surface area (Å²) in [5, 5.41) is 23.9. The number of aliphatic hydroxyl groups excluding tert-OH is 1. The second-order valence-corrected chi connectivity index (χ2v) is 6.38. The van der Waals surface area contributed by atoms with Gasteiger partial charge in [0, 0.05) is 22.9 Å². The molecule has 1 aliphatic carbocycles. The molecule has 1 fully saturated rings. The van der Waals surface area contributed by atoms with Gasteiger partial charge in [-0.15, -0.1) is 0 Å². The van der Waals surface area contributed by atoms with Gasteiger partial charge >= 0.3 is 5.97 Å². The number of carboxylic acids is 1. The SMILES string of the molecule is O=C(O)c1ccsc1.O=Cc1ccsc1.OCC1CCCC1. The summed E-state index contributed by atoms with van der Waals surface area (Å²) in [6, 6.07) is 3.37. The van der Waals surface area contributed by atoms with Crippen LogP contribution in [0.2, 0.25) is 0 Å². The third-order valence-electron chi connectivity index (χ3n) is 3.18. The Balaban J connectivity index is 0.000000166. The van der Waals surface area contributed by atoms with E-state index in [9.17, 15) is 9.59 Å². The van der Waals surface area contributed by atoms with E-state index in [-0.39, 0.29) is 0 Å². The van der Waals surface area contributed by atoms with Gasteiger partial charge in [0.1, 0.15) is 0 Å². The molecule has 1 saturated carbocycles. The number of aldehydes is 1. The Kier molecular flexibility index (Phi) is 9.37. The molecule has 2 aromatic heterocycles. The van der Waals surface area contributed by atoms with Crippen molar-refractivity contribution in [2.75, 3.05) is 6.61 Å². The lowest BCUT2D eigenvalue weighted by Crippen LogP contribution is -1.97. The van der Waals surface area contributed by atoms with E-state index in [4.69, 9.17) is 10.2 Å². The van der Waals surface area contributed by atoms with Crippen LogP contribution in [-0.4, -0.2) is 29.1 Å². The topological polar surface area (TPSA) is 74.6 Å². The Labute approximate surface area is 138 Å². The molecule has 4 nitrogen and oxygen atoms in total. The van der Waals surface area contributed by atoms with Crippen LogP contribution < -0.4 is 0 Å². The number of hydrogen-bond donors (Lipinski definition) is 2. The van der Waals surface area contributed by atoms with Crippen molar-refractivity contribution in [2.24, 2.45) is 5.92 Å². The van der Waals surface area contributed by atoms with Gasteiger partial charge in [-0.2, -0.15) is 22.7 Å². The van der Waals surface area contributed by atoms with Crippen LogP contribution >= 0.6 is 22.7 Å². The average molecular weight is 340 g/mol. The first-order chi connectivity index (χ1) is 10.7. The van der Waals surface area contributed by atoms with Crippen molar-refractivity contribution in [1.82, 2.24) is 0 Å². The van der Waals surface area contributed by atoms with Crippen molar-refractivity contribution in [3.05, 3.63) is 44.8 Å². The largest absolute Gasteiger partial charge is 0.478 e. The Morgan fingerprint density at radius 3 is 2.09 bits per heavy atom. The summed E-state index contributed by atoms with van der Waals surface area (Å²) in [6.07, 6.45) is 6.04. The van der Waals surface area contributed by atoms with E-state index in [1.54, 1.807) is 22.9 Å². The van der Waals surface area contributed by atoms with Gasteiger partial charge in [0.2, 0.25) is 0 Å². The molecule has 0 unspecified atom stereocenters. The fraction of sp³-hybridized carbons (Fsp3) is 0.375. The number of carbonyl (C=O) groups is 2. The summed E-state index contributed by atoms with van der Waals surface area (Å²) in [6.45, 7) is 0.417. The minimum absolute atomic E-state index is 0.370. The summed E-state index contributed by atoms with van der Waals surface area (Å²) in [4.78, 5) is 19.9. The molecule has 0 saturated heterocycles. The van der Waals surface area contributed by atoms with Crippen molar-refractivity contribution in [3.8, 4) is 0 Å². The molecule has 2 heterocycles. The lowest BCUT2D eigenvalue weighted by Gasteiger charge is -1.98. The minimum atomic E-state index is -0.855. The summed E-state index contributed by atoms with van der Waals surface area (Å²) in [5.41, 5.74) is 1.14. The van der Waals surface area contributed by atoms with Crippen molar-refractivity contribution in [3.63, 3.8) is 0 Å². The third kappa shape index (κ3) is 7.49. The zero-order valence-electron chi connectivity index (χ0n) is 12.2. The van der Waals surface area contributed by atoms with Crippen molar-refractivity contribution in [2.45, 2.75) is 25.7 Å². The van der Waals surface area contributed by atoms with Gasteiger partial charge in [0.05, 0.1) is 5.56 Å². The fourth-order valence-electron chi connectivity index (χ4n) is 1.92. The van der Waals surface area contributed by atoms with Crippen LogP contribution in [0.4, 0.5) is 0 Å². The normalized spacial score (nSPS) is 13.5. The van der Waals surface area contributed by atoms with E-state index in [2.05, 4.69) is 0 Å². The van der Waals surface area contributed by atoms with Gasteiger partial charge in [-0.3, -0.25) is 4.79 Å². The molecule has 0 radical (unpaired) electrons. The standard InChI is InChI=1S/C6H12O.C5H4O2S.C5H4OS/c7-5-6-3-1-2-4-6;6-5(7)4-1-2-8-3-4;6-3-5-1-2-7-4-5/h6-7H,1-5H2;1-3H,(H,6,7);1-4H. The Morgan fingerprint density at radius 1 is 1.18 bits per heavy atom. The van der Waals surface area contributed by atoms with Gasteiger partial charge in [-0.05, 0) is 41.7 Å². The molecule has 3 rings (SSSR count). The number of thiophene rings is 2. The molecule has 6 heteroatoms. The molecule has 2 aromatic rings. The lowest BCUT2D eigenvalue weighted by molar-refractivity contribution is 0.0697. The van der Waals surface area contributed by atoms with E-state index in [1.165, 1.54) is 48.4 Å². The van der Waals surface area contributed by atoms with Gasteiger partial charge < -0.3 is 10.2 Å². The van der Waals surface area contributed by atoms with Gasteiger partial charge in [0.15, 0.2) is 6.29 Å².